The van der Waals surface area contributed by atoms with Gasteiger partial charge in [-0.2, -0.15) is 5.32 Å². The van der Waals surface area contributed by atoms with E-state index in [1.54, 1.807) is 25.1 Å². The number of nitrogens with one attached hydrogen (secondary N) is 4. The minimum atomic E-state index is -0.427. The van der Waals surface area contributed by atoms with E-state index in [-0.39, 0.29) is 16.5 Å². The van der Waals surface area contributed by atoms with E-state index in [0.29, 0.717) is 29.6 Å². The Morgan fingerprint density at radius 2 is 2.08 bits per heavy atom. The Kier molecular flexibility index (Phi) is 6.14. The Morgan fingerprint density at radius 3 is 2.68 bits per heavy atom. The van der Waals surface area contributed by atoms with Crippen LogP contribution in [0, 0.1) is 11.8 Å². The average molecular weight is 363 g/mol. The van der Waals surface area contributed by atoms with E-state index in [1.807, 2.05) is 0 Å². The highest BCUT2D eigenvalue weighted by molar-refractivity contribution is 7.19. The van der Waals surface area contributed by atoms with Gasteiger partial charge in [0.15, 0.2) is 0 Å². The van der Waals surface area contributed by atoms with Gasteiger partial charge in [-0.25, -0.2) is 9.78 Å². The number of carbonyl (C=O) groups excluding carboxylic acids is 2. The summed E-state index contributed by atoms with van der Waals surface area (Å²) >= 11 is 1.04. The first-order valence-electron chi connectivity index (χ1n) is 7.47. The third kappa shape index (κ3) is 4.81. The maximum Gasteiger partial charge on any atom is 0.341 e. The van der Waals surface area contributed by atoms with Crippen molar-refractivity contribution in [2.75, 3.05) is 29.0 Å². The summed E-state index contributed by atoms with van der Waals surface area (Å²) < 4.78 is 0. The van der Waals surface area contributed by atoms with E-state index < -0.39 is 5.91 Å². The number of benzene rings is 1. The second kappa shape index (κ2) is 8.31. The fourth-order valence-corrected chi connectivity index (χ4v) is 2.88. The average Bonchev–Trinajstić information content (AvgIpc) is 2.91. The fraction of sp³-hybridized carbons (Fsp3) is 0.267. The number of aromatic nitrogens is 1. The molecule has 0 saturated heterocycles. The number of anilines is 3. The predicted molar refractivity (Wildman–Crippen MR) is 97.3 cm³/mol. The van der Waals surface area contributed by atoms with E-state index in [9.17, 15) is 14.5 Å². The zero-order valence-corrected chi connectivity index (χ0v) is 14.6. The highest BCUT2D eigenvalue weighted by Gasteiger charge is 2.21. The number of rotatable bonds is 7. The van der Waals surface area contributed by atoms with E-state index >= 15 is 0 Å². The van der Waals surface area contributed by atoms with Crippen molar-refractivity contribution in [1.82, 2.24) is 0 Å². The van der Waals surface area contributed by atoms with Crippen LogP contribution in [0.3, 0.4) is 0 Å². The van der Waals surface area contributed by atoms with Crippen LogP contribution in [0.15, 0.2) is 23.4 Å². The number of aromatic amines is 1. The van der Waals surface area contributed by atoms with Gasteiger partial charge in [-0.15, -0.1) is 4.91 Å². The molecular formula is C15H19N6O3S+. The molecule has 132 valence electrons. The molecule has 25 heavy (non-hydrogen) atoms. The van der Waals surface area contributed by atoms with Crippen LogP contribution in [0.1, 0.15) is 23.0 Å². The number of thiazole rings is 1. The summed E-state index contributed by atoms with van der Waals surface area (Å²) in [6, 6.07) is 4.98. The molecule has 0 unspecified atom stereocenters. The molecule has 0 spiro atoms. The zero-order valence-electron chi connectivity index (χ0n) is 13.8. The highest BCUT2D eigenvalue weighted by atomic mass is 32.1. The van der Waals surface area contributed by atoms with Crippen LogP contribution in [0.25, 0.3) is 0 Å². The number of nitrogens with two attached hydrogens (primary N) is 1. The van der Waals surface area contributed by atoms with E-state index in [0.717, 1.165) is 17.0 Å². The summed E-state index contributed by atoms with van der Waals surface area (Å²) in [4.78, 5) is 37.5. The smallest absolute Gasteiger partial charge is 0.341 e. The molecule has 0 aliphatic carbocycles. The van der Waals surface area contributed by atoms with Crippen LogP contribution in [0.2, 0.25) is 0 Å². The lowest BCUT2D eigenvalue weighted by atomic mass is 10.1. The summed E-state index contributed by atoms with van der Waals surface area (Å²) in [7, 11) is 0. The molecule has 0 fully saturated rings. The standard InChI is InChI=1S/C15H18N6O3S/c1-8-14(21-24)25-15(18-8)20-13(23)11-4-3-10(17-6-5-16)7-12(11)19-9(2)22/h3-4,7,17H,5-6,16H2,1-2H3,(H,19,22)(H,18,20,23)/p+1. The van der Waals surface area contributed by atoms with Crippen molar-refractivity contribution in [3.63, 3.8) is 0 Å². The van der Waals surface area contributed by atoms with E-state index in [2.05, 4.69) is 26.1 Å². The molecule has 0 atom stereocenters. The van der Waals surface area contributed by atoms with Gasteiger partial charge in [-0.1, -0.05) is 0 Å². The third-order valence-corrected chi connectivity index (χ3v) is 4.16. The number of carbonyl (C=O) groups is 2. The summed E-state index contributed by atoms with van der Waals surface area (Å²) in [5.41, 5.74) is 7.41. The Balaban J connectivity index is 2.26. The molecule has 1 heterocycles. The maximum atomic E-state index is 12.5. The Hall–Kier alpha value is -2.85. The molecule has 2 amide bonds. The molecule has 0 radical (unpaired) electrons. The van der Waals surface area contributed by atoms with Gasteiger partial charge >= 0.3 is 11.0 Å². The topological polar surface area (TPSA) is 140 Å². The first-order valence-corrected chi connectivity index (χ1v) is 8.29. The molecule has 0 saturated carbocycles. The van der Waals surface area contributed by atoms with Crippen LogP contribution in [0.4, 0.5) is 21.5 Å². The molecule has 0 aliphatic heterocycles. The molecule has 2 aromatic rings. The van der Waals surface area contributed by atoms with Gasteiger partial charge in [0.25, 0.3) is 0 Å². The molecule has 0 bridgehead atoms. The number of hydrogen-bond acceptors (Lipinski definition) is 7. The minimum Gasteiger partial charge on any atom is -0.384 e. The van der Waals surface area contributed by atoms with Gasteiger partial charge in [-0.3, -0.25) is 4.79 Å². The number of hydrogen-bond donors (Lipinski definition) is 4. The largest absolute Gasteiger partial charge is 0.384 e. The van der Waals surface area contributed by atoms with Crippen LogP contribution in [0.5, 0.6) is 0 Å². The van der Waals surface area contributed by atoms with Crippen molar-refractivity contribution in [3.8, 4) is 0 Å². The first-order chi connectivity index (χ1) is 11.9. The van der Waals surface area contributed by atoms with Crippen LogP contribution >= 0.6 is 11.3 Å². The number of nitroso groups, excluding NO2 is 1. The molecule has 9 nitrogen and oxygen atoms in total. The second-order valence-corrected chi connectivity index (χ2v) is 6.19. The van der Waals surface area contributed by atoms with Gasteiger partial charge in [0.2, 0.25) is 10.9 Å². The predicted octanol–water partition coefficient (Wildman–Crippen LogP) is 1.85. The maximum absolute atomic E-state index is 12.5. The lowest BCUT2D eigenvalue weighted by molar-refractivity contribution is -0.363. The monoisotopic (exact) mass is 363 g/mol. The van der Waals surface area contributed by atoms with Gasteiger partial charge in [0, 0.05) is 32.6 Å². The zero-order chi connectivity index (χ0) is 18.4. The summed E-state index contributed by atoms with van der Waals surface area (Å²) in [6.45, 7) is 4.07. The first kappa shape index (κ1) is 18.5. The summed E-state index contributed by atoms with van der Waals surface area (Å²) in [5, 5.41) is 11.9. The molecule has 2 rings (SSSR count). The summed E-state index contributed by atoms with van der Waals surface area (Å²) in [5.74, 6) is -0.722. The molecule has 0 aliphatic rings. The second-order valence-electron chi connectivity index (χ2n) is 5.19. The van der Waals surface area contributed by atoms with Crippen molar-refractivity contribution in [2.24, 2.45) is 10.9 Å². The van der Waals surface area contributed by atoms with E-state index in [4.69, 9.17) is 5.73 Å². The molecular weight excluding hydrogens is 344 g/mol. The van der Waals surface area contributed by atoms with Crippen molar-refractivity contribution >= 4 is 44.7 Å². The van der Waals surface area contributed by atoms with Crippen LogP contribution in [-0.4, -0.2) is 24.9 Å². The fourth-order valence-electron chi connectivity index (χ4n) is 2.10. The van der Waals surface area contributed by atoms with Gasteiger partial charge < -0.3 is 16.4 Å². The Morgan fingerprint density at radius 1 is 1.32 bits per heavy atom. The van der Waals surface area contributed by atoms with Gasteiger partial charge in [0.05, 0.1) is 11.3 Å². The molecule has 1 aromatic heterocycles. The Labute approximate surface area is 148 Å². The third-order valence-electron chi connectivity index (χ3n) is 3.18. The van der Waals surface area contributed by atoms with Crippen molar-refractivity contribution in [3.05, 3.63) is 34.4 Å². The van der Waals surface area contributed by atoms with Crippen molar-refractivity contribution in [2.45, 2.75) is 13.8 Å². The lowest BCUT2D eigenvalue weighted by Crippen LogP contribution is -2.20. The summed E-state index contributed by atoms with van der Waals surface area (Å²) in [6.07, 6.45) is 0. The highest BCUT2D eigenvalue weighted by Crippen LogP contribution is 2.28. The number of aryl methyl sites for hydroxylation is 1. The minimum absolute atomic E-state index is 0.263. The Bertz CT molecular complexity index is 805. The molecule has 10 heteroatoms. The quantitative estimate of drug-likeness (QED) is 0.556. The number of amides is 2. The van der Waals surface area contributed by atoms with E-state index in [1.165, 1.54) is 6.92 Å². The van der Waals surface area contributed by atoms with Gasteiger partial charge in [-0.05, 0) is 34.7 Å². The molecule has 1 aromatic carbocycles. The normalized spacial score (nSPS) is 10.2. The van der Waals surface area contributed by atoms with Crippen molar-refractivity contribution in [1.29, 1.82) is 0 Å². The van der Waals surface area contributed by atoms with Crippen LogP contribution < -0.4 is 26.7 Å². The van der Waals surface area contributed by atoms with Gasteiger partial charge in [0.1, 0.15) is 5.69 Å². The number of nitrogens with zero attached hydrogens (tertiary/aromatic N) is 1. The van der Waals surface area contributed by atoms with Crippen LogP contribution in [-0.2, 0) is 4.79 Å². The number of H-pyrrole nitrogens is 1. The lowest BCUT2D eigenvalue weighted by Gasteiger charge is -2.11. The molecule has 6 N–H and O–H groups in total. The SMILES string of the molecule is CC(=O)Nc1cc(NCCN)ccc1C(=O)Nc1[nH+]c(C)c(N=O)s1. The van der Waals surface area contributed by atoms with Crippen molar-refractivity contribution < 1.29 is 14.6 Å².